The minimum Gasteiger partial charge on any atom is -0.316 e. The third kappa shape index (κ3) is 3.37. The summed E-state index contributed by atoms with van der Waals surface area (Å²) < 4.78 is 0. The van der Waals surface area contributed by atoms with E-state index in [-0.39, 0.29) is 0 Å². The number of rotatable bonds is 5. The molecule has 0 saturated carbocycles. The Hall–Kier alpha value is -0.710. The highest BCUT2D eigenvalue weighted by molar-refractivity contribution is 7.11. The number of hydrogen-bond acceptors (Lipinski definition) is 4. The maximum Gasteiger partial charge on any atom is 0.0946 e. The van der Waals surface area contributed by atoms with Crippen LogP contribution in [0.1, 0.15) is 20.5 Å². The van der Waals surface area contributed by atoms with E-state index in [1.54, 1.807) is 0 Å². The fraction of sp³-hybridized carbons (Fsp3) is 0.462. The number of nitrogens with one attached hydrogen (secondary N) is 1. The van der Waals surface area contributed by atoms with Crippen LogP contribution < -0.4 is 5.32 Å². The Morgan fingerprint density at radius 3 is 2.71 bits per heavy atom. The van der Waals surface area contributed by atoms with Gasteiger partial charge in [0.15, 0.2) is 0 Å². The van der Waals surface area contributed by atoms with Crippen LogP contribution in [-0.2, 0) is 12.8 Å². The van der Waals surface area contributed by atoms with Gasteiger partial charge in [-0.1, -0.05) is 6.07 Å². The standard InChI is InChI=1S/C13H18N2S2/c1-9-10(2)17-13(15-9)8-11(14-3)7-12-5-4-6-16-12/h4-6,11,14H,7-8H2,1-3H3. The van der Waals surface area contributed by atoms with Crippen LogP contribution in [-0.4, -0.2) is 18.1 Å². The molecule has 0 aromatic carbocycles. The molecule has 0 spiro atoms. The Bertz CT molecular complexity index is 440. The highest BCUT2D eigenvalue weighted by Gasteiger charge is 2.12. The van der Waals surface area contributed by atoms with Gasteiger partial charge in [0.2, 0.25) is 0 Å². The van der Waals surface area contributed by atoms with Crippen LogP contribution in [0.2, 0.25) is 0 Å². The maximum absolute atomic E-state index is 4.61. The van der Waals surface area contributed by atoms with Gasteiger partial charge in [0.25, 0.3) is 0 Å². The Balaban J connectivity index is 2.00. The van der Waals surface area contributed by atoms with Crippen molar-refractivity contribution < 1.29 is 0 Å². The van der Waals surface area contributed by atoms with E-state index in [0.717, 1.165) is 12.8 Å². The summed E-state index contributed by atoms with van der Waals surface area (Å²) in [6.45, 7) is 4.23. The fourth-order valence-electron chi connectivity index (χ4n) is 1.79. The van der Waals surface area contributed by atoms with E-state index >= 15 is 0 Å². The largest absolute Gasteiger partial charge is 0.316 e. The van der Waals surface area contributed by atoms with E-state index in [2.05, 4.69) is 41.7 Å². The van der Waals surface area contributed by atoms with Gasteiger partial charge in [-0.05, 0) is 38.8 Å². The van der Waals surface area contributed by atoms with E-state index in [9.17, 15) is 0 Å². The third-order valence-electron chi connectivity index (χ3n) is 2.93. The minimum absolute atomic E-state index is 0.485. The van der Waals surface area contributed by atoms with Crippen molar-refractivity contribution in [2.24, 2.45) is 0 Å². The van der Waals surface area contributed by atoms with Crippen LogP contribution in [0.25, 0.3) is 0 Å². The van der Waals surface area contributed by atoms with E-state index in [1.807, 2.05) is 29.7 Å². The van der Waals surface area contributed by atoms with Gasteiger partial charge in [0.05, 0.1) is 10.7 Å². The van der Waals surface area contributed by atoms with Crippen LogP contribution in [0.4, 0.5) is 0 Å². The van der Waals surface area contributed by atoms with Crippen LogP contribution >= 0.6 is 22.7 Å². The van der Waals surface area contributed by atoms with Gasteiger partial charge in [0.1, 0.15) is 0 Å². The number of aromatic nitrogens is 1. The van der Waals surface area contributed by atoms with Crippen molar-refractivity contribution in [1.29, 1.82) is 0 Å². The zero-order valence-corrected chi connectivity index (χ0v) is 12.1. The van der Waals surface area contributed by atoms with E-state index < -0.39 is 0 Å². The molecule has 17 heavy (non-hydrogen) atoms. The molecule has 2 nitrogen and oxygen atoms in total. The van der Waals surface area contributed by atoms with Crippen LogP contribution in [0.3, 0.4) is 0 Å². The molecule has 1 atom stereocenters. The highest BCUT2D eigenvalue weighted by atomic mass is 32.1. The molecule has 1 N–H and O–H groups in total. The summed E-state index contributed by atoms with van der Waals surface area (Å²) in [5, 5.41) is 6.78. The molecule has 0 bridgehead atoms. The first-order valence-electron chi connectivity index (χ1n) is 5.81. The van der Waals surface area contributed by atoms with E-state index in [0.29, 0.717) is 6.04 Å². The summed E-state index contributed by atoms with van der Waals surface area (Å²) in [4.78, 5) is 7.39. The molecule has 2 aromatic heterocycles. The first-order chi connectivity index (χ1) is 8.19. The molecule has 0 saturated heterocycles. The molecule has 2 aromatic rings. The number of thiophene rings is 1. The summed E-state index contributed by atoms with van der Waals surface area (Å²) in [5.41, 5.74) is 1.18. The quantitative estimate of drug-likeness (QED) is 0.899. The molecule has 0 aliphatic heterocycles. The van der Waals surface area contributed by atoms with Crippen molar-refractivity contribution >= 4 is 22.7 Å². The second-order valence-electron chi connectivity index (χ2n) is 4.22. The zero-order valence-electron chi connectivity index (χ0n) is 10.5. The molecule has 0 aliphatic rings. The molecule has 1 unspecified atom stereocenters. The third-order valence-corrected chi connectivity index (χ3v) is 4.92. The Labute approximate surface area is 111 Å². The predicted octanol–water partition coefficient (Wildman–Crippen LogP) is 3.19. The van der Waals surface area contributed by atoms with Crippen molar-refractivity contribution in [2.45, 2.75) is 32.7 Å². The van der Waals surface area contributed by atoms with Crippen molar-refractivity contribution in [2.75, 3.05) is 7.05 Å². The molecular weight excluding hydrogens is 248 g/mol. The first kappa shape index (κ1) is 12.7. The topological polar surface area (TPSA) is 24.9 Å². The van der Waals surface area contributed by atoms with Gasteiger partial charge in [-0.2, -0.15) is 0 Å². The van der Waals surface area contributed by atoms with E-state index in [4.69, 9.17) is 0 Å². The van der Waals surface area contributed by atoms with Gasteiger partial charge in [-0.3, -0.25) is 0 Å². The average molecular weight is 266 g/mol. The van der Waals surface area contributed by atoms with Gasteiger partial charge < -0.3 is 5.32 Å². The first-order valence-corrected chi connectivity index (χ1v) is 7.51. The number of hydrogen-bond donors (Lipinski definition) is 1. The van der Waals surface area contributed by atoms with Gasteiger partial charge in [-0.15, -0.1) is 22.7 Å². The van der Waals surface area contributed by atoms with Gasteiger partial charge in [0, 0.05) is 22.2 Å². The molecule has 0 radical (unpaired) electrons. The Morgan fingerprint density at radius 2 is 2.18 bits per heavy atom. The SMILES string of the molecule is CNC(Cc1cccs1)Cc1nc(C)c(C)s1. The monoisotopic (exact) mass is 266 g/mol. The summed E-state index contributed by atoms with van der Waals surface area (Å²) in [6, 6.07) is 4.80. The molecule has 0 fully saturated rings. The summed E-state index contributed by atoms with van der Waals surface area (Å²) in [7, 11) is 2.03. The predicted molar refractivity (Wildman–Crippen MR) is 76.2 cm³/mol. The fourth-order valence-corrected chi connectivity index (χ4v) is 3.59. The van der Waals surface area contributed by atoms with E-state index in [1.165, 1.54) is 20.5 Å². The number of aryl methyl sites for hydroxylation is 2. The lowest BCUT2D eigenvalue weighted by Gasteiger charge is -2.13. The molecule has 0 amide bonds. The molecule has 0 aliphatic carbocycles. The minimum atomic E-state index is 0.485. The van der Waals surface area contributed by atoms with Gasteiger partial charge >= 0.3 is 0 Å². The normalized spacial score (nSPS) is 12.9. The average Bonchev–Trinajstić information content (AvgIpc) is 2.89. The van der Waals surface area contributed by atoms with Crippen molar-refractivity contribution in [3.63, 3.8) is 0 Å². The lowest BCUT2D eigenvalue weighted by Crippen LogP contribution is -2.29. The highest BCUT2D eigenvalue weighted by Crippen LogP contribution is 2.19. The number of nitrogens with zero attached hydrogens (tertiary/aromatic N) is 1. The van der Waals surface area contributed by atoms with Crippen molar-refractivity contribution in [3.05, 3.63) is 38.0 Å². The summed E-state index contributed by atoms with van der Waals surface area (Å²) >= 11 is 3.65. The molecule has 2 rings (SSSR count). The summed E-state index contributed by atoms with van der Waals surface area (Å²) in [5.74, 6) is 0. The van der Waals surface area contributed by atoms with Crippen molar-refractivity contribution in [1.82, 2.24) is 10.3 Å². The Kier molecular flexibility index (Phi) is 4.31. The number of likely N-dealkylation sites (N-methyl/N-ethyl adjacent to an activating group) is 1. The lowest BCUT2D eigenvalue weighted by molar-refractivity contribution is 0.558. The maximum atomic E-state index is 4.61. The second kappa shape index (κ2) is 5.76. The number of thiazole rings is 1. The zero-order chi connectivity index (χ0) is 12.3. The molecule has 92 valence electrons. The van der Waals surface area contributed by atoms with Crippen LogP contribution in [0, 0.1) is 13.8 Å². The van der Waals surface area contributed by atoms with Gasteiger partial charge in [-0.25, -0.2) is 4.98 Å². The molecule has 2 heterocycles. The summed E-state index contributed by atoms with van der Waals surface area (Å²) in [6.07, 6.45) is 2.11. The van der Waals surface area contributed by atoms with Crippen LogP contribution in [0.15, 0.2) is 17.5 Å². The lowest BCUT2D eigenvalue weighted by atomic mass is 10.1. The smallest absolute Gasteiger partial charge is 0.0946 e. The second-order valence-corrected chi connectivity index (χ2v) is 6.54. The molecule has 4 heteroatoms. The molecular formula is C13H18N2S2. The Morgan fingerprint density at radius 1 is 1.35 bits per heavy atom. The van der Waals surface area contributed by atoms with Crippen molar-refractivity contribution in [3.8, 4) is 0 Å². The van der Waals surface area contributed by atoms with Crippen LogP contribution in [0.5, 0.6) is 0 Å².